The number of rotatable bonds is 3. The highest BCUT2D eigenvalue weighted by molar-refractivity contribution is 7.19. The van der Waals surface area contributed by atoms with Crippen LogP contribution in [-0.2, 0) is 5.41 Å². The first-order valence-corrected chi connectivity index (χ1v) is 10.5. The summed E-state index contributed by atoms with van der Waals surface area (Å²) in [5, 5.41) is 1.47. The van der Waals surface area contributed by atoms with E-state index in [1.807, 2.05) is 24.3 Å². The third kappa shape index (κ3) is 3.45. The van der Waals surface area contributed by atoms with Crippen molar-refractivity contribution in [2.45, 2.75) is 32.6 Å². The second-order valence-corrected chi connectivity index (χ2v) is 9.47. The average molecular weight is 425 g/mol. The normalized spacial score (nSPS) is 15.5. The van der Waals surface area contributed by atoms with Gasteiger partial charge in [-0.15, -0.1) is 11.3 Å². The Morgan fingerprint density at radius 1 is 1.24 bits per heavy atom. The molecule has 4 rings (SSSR count). The topological polar surface area (TPSA) is 76.0 Å². The van der Waals surface area contributed by atoms with Crippen LogP contribution in [0.2, 0.25) is 5.02 Å². The summed E-state index contributed by atoms with van der Waals surface area (Å²) in [6.07, 6.45) is 7.14. The smallest absolute Gasteiger partial charge is 0.262 e. The number of anilines is 1. The largest absolute Gasteiger partial charge is 0.397 e. The number of nitrogens with one attached hydrogen (secondary N) is 1. The van der Waals surface area contributed by atoms with Crippen molar-refractivity contribution in [2.75, 3.05) is 5.73 Å². The van der Waals surface area contributed by atoms with Crippen LogP contribution in [0.4, 0.5) is 5.69 Å². The zero-order valence-electron chi connectivity index (χ0n) is 16.4. The van der Waals surface area contributed by atoms with Crippen molar-refractivity contribution in [3.63, 3.8) is 0 Å². The molecular formula is C23H21ClN2O2S. The van der Waals surface area contributed by atoms with E-state index in [4.69, 9.17) is 17.3 Å². The second-order valence-electron chi connectivity index (χ2n) is 8.01. The molecule has 1 aromatic carbocycles. The summed E-state index contributed by atoms with van der Waals surface area (Å²) in [6.45, 7) is 5.74. The summed E-state index contributed by atoms with van der Waals surface area (Å²) >= 11 is 7.51. The Labute approximate surface area is 177 Å². The van der Waals surface area contributed by atoms with Crippen molar-refractivity contribution in [1.82, 2.24) is 4.98 Å². The van der Waals surface area contributed by atoms with Crippen molar-refractivity contribution >= 4 is 56.8 Å². The molecule has 1 aliphatic rings. The molecule has 0 unspecified atom stereocenters. The standard InChI is InChI=1S/C23H21ClN2O2S/c1-12(27)17-19(25)18-16-10-14(5-4-13-6-8-15(24)9-7-13)11-23(2,3)20(16)29-22(18)26-21(17)28/h4-10H,11H2,1-3H3,(H3,25,26,28)/b5-4+. The molecule has 0 saturated heterocycles. The van der Waals surface area contributed by atoms with Gasteiger partial charge in [0.15, 0.2) is 5.78 Å². The minimum atomic E-state index is -0.425. The predicted molar refractivity (Wildman–Crippen MR) is 123 cm³/mol. The minimum absolute atomic E-state index is 0.0353. The third-order valence-corrected chi connectivity index (χ3v) is 6.98. The summed E-state index contributed by atoms with van der Waals surface area (Å²) in [7, 11) is 0. The molecule has 2 heterocycles. The van der Waals surface area contributed by atoms with Crippen molar-refractivity contribution in [3.05, 3.63) is 72.9 Å². The number of hydrogen-bond donors (Lipinski definition) is 2. The number of nitrogen functional groups attached to an aromatic ring is 1. The molecule has 0 aliphatic heterocycles. The molecule has 0 amide bonds. The number of allylic oxidation sites excluding steroid dienone is 2. The number of aromatic amines is 1. The van der Waals surface area contributed by atoms with Gasteiger partial charge in [-0.3, -0.25) is 9.59 Å². The number of nitrogens with two attached hydrogens (primary N) is 1. The third-order valence-electron chi connectivity index (χ3n) is 5.24. The fourth-order valence-electron chi connectivity index (χ4n) is 3.91. The van der Waals surface area contributed by atoms with Crippen LogP contribution in [0.15, 0.2) is 40.7 Å². The van der Waals surface area contributed by atoms with Crippen LogP contribution in [0.3, 0.4) is 0 Å². The van der Waals surface area contributed by atoms with Crippen molar-refractivity contribution < 1.29 is 4.79 Å². The van der Waals surface area contributed by atoms with Gasteiger partial charge in [-0.1, -0.05) is 49.7 Å². The van der Waals surface area contributed by atoms with E-state index in [2.05, 4.69) is 37.1 Å². The number of thiophene rings is 1. The van der Waals surface area contributed by atoms with Gasteiger partial charge in [-0.05, 0) is 42.7 Å². The minimum Gasteiger partial charge on any atom is -0.397 e. The van der Waals surface area contributed by atoms with Crippen LogP contribution in [0.25, 0.3) is 22.4 Å². The number of benzene rings is 1. The Morgan fingerprint density at radius 3 is 2.59 bits per heavy atom. The molecule has 2 aromatic heterocycles. The Kier molecular flexibility index (Phi) is 4.75. The zero-order chi connectivity index (χ0) is 20.9. The first-order valence-electron chi connectivity index (χ1n) is 9.31. The van der Waals surface area contributed by atoms with E-state index in [1.165, 1.54) is 11.8 Å². The molecule has 3 aromatic rings. The summed E-state index contributed by atoms with van der Waals surface area (Å²) in [4.78, 5) is 29.0. The van der Waals surface area contributed by atoms with E-state index in [0.717, 1.165) is 33.3 Å². The second kappa shape index (κ2) is 7.01. The maximum absolute atomic E-state index is 12.3. The van der Waals surface area contributed by atoms with Crippen LogP contribution < -0.4 is 11.3 Å². The van der Waals surface area contributed by atoms with E-state index in [9.17, 15) is 9.59 Å². The van der Waals surface area contributed by atoms with Crippen LogP contribution in [0.5, 0.6) is 0 Å². The quantitative estimate of drug-likeness (QED) is 0.521. The SMILES string of the molecule is CC(=O)c1c(N)c2c3c(sc2[nH]c1=O)C(C)(C)CC(/C=C/c1ccc(Cl)cc1)=C3. The van der Waals surface area contributed by atoms with E-state index in [-0.39, 0.29) is 22.4 Å². The first-order chi connectivity index (χ1) is 13.7. The molecule has 29 heavy (non-hydrogen) atoms. The Bertz CT molecular complexity index is 1260. The Morgan fingerprint density at radius 2 is 1.93 bits per heavy atom. The molecule has 148 valence electrons. The number of carbonyl (C=O) groups excluding carboxylic acids is 1. The van der Waals surface area contributed by atoms with Gasteiger partial charge < -0.3 is 10.7 Å². The molecule has 4 nitrogen and oxygen atoms in total. The number of fused-ring (bicyclic) bond motifs is 3. The monoisotopic (exact) mass is 424 g/mol. The molecule has 1 aliphatic carbocycles. The molecule has 3 N–H and O–H groups in total. The lowest BCUT2D eigenvalue weighted by Gasteiger charge is -2.29. The number of halogens is 1. The van der Waals surface area contributed by atoms with Gasteiger partial charge in [0, 0.05) is 26.3 Å². The van der Waals surface area contributed by atoms with Gasteiger partial charge in [-0.25, -0.2) is 0 Å². The number of ketones is 1. The number of aromatic nitrogens is 1. The maximum atomic E-state index is 12.3. The van der Waals surface area contributed by atoms with Crippen LogP contribution in [0.1, 0.15) is 53.6 Å². The summed E-state index contributed by atoms with van der Waals surface area (Å²) in [5.74, 6) is -0.326. The van der Waals surface area contributed by atoms with Crippen molar-refractivity contribution in [2.24, 2.45) is 0 Å². The van der Waals surface area contributed by atoms with Crippen molar-refractivity contribution in [3.8, 4) is 0 Å². The molecule has 6 heteroatoms. The van der Waals surface area contributed by atoms with Gasteiger partial charge in [0.1, 0.15) is 10.4 Å². The lowest BCUT2D eigenvalue weighted by atomic mass is 9.77. The van der Waals surface area contributed by atoms with E-state index in [0.29, 0.717) is 5.02 Å². The van der Waals surface area contributed by atoms with Gasteiger partial charge in [0.25, 0.3) is 5.56 Å². The molecule has 0 atom stereocenters. The number of carbonyl (C=O) groups is 1. The summed E-state index contributed by atoms with van der Waals surface area (Å²) in [6, 6.07) is 7.68. The zero-order valence-corrected chi connectivity index (χ0v) is 18.0. The molecule has 0 fully saturated rings. The number of Topliss-reactive ketones (excluding diaryl/α,β-unsaturated/α-hetero) is 1. The van der Waals surface area contributed by atoms with Gasteiger partial charge in [-0.2, -0.15) is 0 Å². The van der Waals surface area contributed by atoms with E-state index >= 15 is 0 Å². The van der Waals surface area contributed by atoms with Gasteiger partial charge in [0.05, 0.1) is 5.69 Å². The number of pyridine rings is 1. The fraction of sp³-hybridized carbons (Fsp3) is 0.217. The van der Waals surface area contributed by atoms with Crippen molar-refractivity contribution in [1.29, 1.82) is 0 Å². The molecule has 0 spiro atoms. The molecule has 0 radical (unpaired) electrons. The highest BCUT2D eigenvalue weighted by atomic mass is 35.5. The van der Waals surface area contributed by atoms with Crippen LogP contribution in [0, 0.1) is 0 Å². The summed E-state index contributed by atoms with van der Waals surface area (Å²) < 4.78 is 0. The predicted octanol–water partition coefficient (Wildman–Crippen LogP) is 5.81. The fourth-order valence-corrected chi connectivity index (χ4v) is 5.33. The first kappa shape index (κ1) is 19.7. The van der Waals surface area contributed by atoms with Crippen LogP contribution in [-0.4, -0.2) is 10.8 Å². The average Bonchev–Trinajstić information content (AvgIpc) is 3.00. The van der Waals surface area contributed by atoms with E-state index in [1.54, 1.807) is 11.3 Å². The van der Waals surface area contributed by atoms with Gasteiger partial charge >= 0.3 is 0 Å². The number of hydrogen-bond acceptors (Lipinski definition) is 4. The summed E-state index contributed by atoms with van der Waals surface area (Å²) in [5.41, 5.74) is 9.29. The lowest BCUT2D eigenvalue weighted by molar-refractivity contribution is 0.101. The van der Waals surface area contributed by atoms with E-state index < -0.39 is 5.56 Å². The highest BCUT2D eigenvalue weighted by Gasteiger charge is 2.32. The molecule has 0 bridgehead atoms. The Balaban J connectivity index is 1.89. The molecular weight excluding hydrogens is 404 g/mol. The molecule has 0 saturated carbocycles. The Hall–Kier alpha value is -2.63. The number of H-pyrrole nitrogens is 1. The lowest BCUT2D eigenvalue weighted by Crippen LogP contribution is -2.20. The van der Waals surface area contributed by atoms with Crippen LogP contribution >= 0.6 is 22.9 Å². The van der Waals surface area contributed by atoms with Gasteiger partial charge in [0.2, 0.25) is 0 Å². The highest BCUT2D eigenvalue weighted by Crippen LogP contribution is 2.47. The maximum Gasteiger partial charge on any atom is 0.262 e.